The Morgan fingerprint density at radius 3 is 2.64 bits per heavy atom. The van der Waals surface area contributed by atoms with Crippen LogP contribution in [-0.4, -0.2) is 13.2 Å². The van der Waals surface area contributed by atoms with Crippen LogP contribution in [0.3, 0.4) is 0 Å². The molecule has 0 bridgehead atoms. The molecule has 2 N–H and O–H groups in total. The highest BCUT2D eigenvalue weighted by atomic mass is 35.5. The minimum atomic E-state index is -0.493. The third kappa shape index (κ3) is 1.94. The Labute approximate surface area is 87.8 Å². The van der Waals surface area contributed by atoms with Gasteiger partial charge in [-0.15, -0.1) is 11.6 Å². The zero-order valence-corrected chi connectivity index (χ0v) is 8.46. The molecular formula is C10H12ClNO2. The number of nitrogens with two attached hydrogens (primary N) is 1. The zero-order valence-electron chi connectivity index (χ0n) is 7.70. The molecule has 76 valence electrons. The molecular weight excluding hydrogens is 202 g/mol. The zero-order chi connectivity index (χ0) is 9.97. The molecule has 4 heteroatoms. The van der Waals surface area contributed by atoms with Crippen molar-refractivity contribution in [1.29, 1.82) is 0 Å². The van der Waals surface area contributed by atoms with Crippen molar-refractivity contribution in [2.24, 2.45) is 5.73 Å². The van der Waals surface area contributed by atoms with Gasteiger partial charge >= 0.3 is 0 Å². The smallest absolute Gasteiger partial charge is 0.161 e. The lowest BCUT2D eigenvalue weighted by Gasteiger charge is -2.10. The van der Waals surface area contributed by atoms with E-state index < -0.39 is 5.50 Å². The summed E-state index contributed by atoms with van der Waals surface area (Å²) < 4.78 is 11.0. The molecule has 0 spiro atoms. The van der Waals surface area contributed by atoms with Crippen molar-refractivity contribution < 1.29 is 9.47 Å². The second kappa shape index (κ2) is 4.07. The molecule has 0 amide bonds. The topological polar surface area (TPSA) is 44.5 Å². The minimum absolute atomic E-state index is 0.493. The van der Waals surface area contributed by atoms with Crippen molar-refractivity contribution in [3.63, 3.8) is 0 Å². The minimum Gasteiger partial charge on any atom is -0.490 e. The van der Waals surface area contributed by atoms with Gasteiger partial charge in [-0.2, -0.15) is 0 Å². The normalized spacial score (nSPS) is 17.3. The maximum atomic E-state index is 5.77. The van der Waals surface area contributed by atoms with Crippen molar-refractivity contribution in [3.8, 4) is 11.5 Å². The summed E-state index contributed by atoms with van der Waals surface area (Å²) in [6.07, 6.45) is 0.900. The third-order valence-corrected chi connectivity index (χ3v) is 2.34. The lowest BCUT2D eigenvalue weighted by atomic mass is 10.2. The van der Waals surface area contributed by atoms with E-state index in [1.165, 1.54) is 0 Å². The van der Waals surface area contributed by atoms with Gasteiger partial charge in [0.15, 0.2) is 11.5 Å². The monoisotopic (exact) mass is 213 g/mol. The molecule has 0 fully saturated rings. The van der Waals surface area contributed by atoms with E-state index in [2.05, 4.69) is 0 Å². The van der Waals surface area contributed by atoms with Crippen molar-refractivity contribution >= 4 is 11.6 Å². The quantitative estimate of drug-likeness (QED) is 0.574. The van der Waals surface area contributed by atoms with Gasteiger partial charge in [-0.1, -0.05) is 6.07 Å². The Balaban J connectivity index is 2.32. The maximum Gasteiger partial charge on any atom is 0.161 e. The van der Waals surface area contributed by atoms with Crippen LogP contribution in [0.1, 0.15) is 17.5 Å². The van der Waals surface area contributed by atoms with Gasteiger partial charge in [0.05, 0.1) is 13.2 Å². The van der Waals surface area contributed by atoms with Crippen LogP contribution in [-0.2, 0) is 0 Å². The molecule has 1 aliphatic rings. The summed E-state index contributed by atoms with van der Waals surface area (Å²) in [5, 5.41) is 0. The number of hydrogen-bond donors (Lipinski definition) is 1. The van der Waals surface area contributed by atoms with Crippen molar-refractivity contribution in [2.45, 2.75) is 11.9 Å². The molecule has 2 rings (SSSR count). The Morgan fingerprint density at radius 1 is 1.21 bits per heavy atom. The Hall–Kier alpha value is -0.930. The van der Waals surface area contributed by atoms with Gasteiger partial charge in [0.1, 0.15) is 5.50 Å². The number of rotatable bonds is 1. The van der Waals surface area contributed by atoms with Crippen molar-refractivity contribution in [1.82, 2.24) is 0 Å². The van der Waals surface area contributed by atoms with Gasteiger partial charge in [0.25, 0.3) is 0 Å². The van der Waals surface area contributed by atoms with E-state index in [0.29, 0.717) is 13.2 Å². The van der Waals surface area contributed by atoms with E-state index >= 15 is 0 Å². The van der Waals surface area contributed by atoms with Crippen LogP contribution in [0, 0.1) is 0 Å². The first kappa shape index (κ1) is 9.62. The van der Waals surface area contributed by atoms with Crippen LogP contribution >= 0.6 is 11.6 Å². The van der Waals surface area contributed by atoms with E-state index in [4.69, 9.17) is 26.8 Å². The van der Waals surface area contributed by atoms with E-state index in [9.17, 15) is 0 Å². The molecule has 1 atom stereocenters. The first-order valence-corrected chi connectivity index (χ1v) is 5.00. The lowest BCUT2D eigenvalue weighted by Crippen LogP contribution is -2.02. The van der Waals surface area contributed by atoms with E-state index in [0.717, 1.165) is 23.5 Å². The highest BCUT2D eigenvalue weighted by molar-refractivity contribution is 6.20. The lowest BCUT2D eigenvalue weighted by molar-refractivity contribution is 0.297. The molecule has 1 aromatic rings. The first-order chi connectivity index (χ1) is 6.77. The summed E-state index contributed by atoms with van der Waals surface area (Å²) in [5.74, 6) is 1.50. The van der Waals surface area contributed by atoms with Crippen molar-refractivity contribution in [3.05, 3.63) is 23.8 Å². The molecule has 0 saturated heterocycles. The van der Waals surface area contributed by atoms with E-state index in [1.807, 2.05) is 18.2 Å². The summed E-state index contributed by atoms with van der Waals surface area (Å²) in [6, 6.07) is 5.53. The molecule has 0 radical (unpaired) electrons. The fourth-order valence-electron chi connectivity index (χ4n) is 1.35. The number of hydrogen-bond acceptors (Lipinski definition) is 3. The number of ether oxygens (including phenoxy) is 2. The molecule has 0 aliphatic carbocycles. The fraction of sp³-hybridized carbons (Fsp3) is 0.400. The highest BCUT2D eigenvalue weighted by Gasteiger charge is 2.12. The SMILES string of the molecule is NC(Cl)c1ccc2c(c1)OCCCO2. The van der Waals surface area contributed by atoms with Crippen LogP contribution < -0.4 is 15.2 Å². The van der Waals surface area contributed by atoms with Crippen LogP contribution in [0.25, 0.3) is 0 Å². The number of halogens is 1. The fourth-order valence-corrected chi connectivity index (χ4v) is 1.49. The second-order valence-corrected chi connectivity index (χ2v) is 3.63. The second-order valence-electron chi connectivity index (χ2n) is 3.16. The van der Waals surface area contributed by atoms with Gasteiger partial charge in [-0.05, 0) is 17.7 Å². The summed E-state index contributed by atoms with van der Waals surface area (Å²) >= 11 is 5.77. The Bertz CT molecular complexity index is 328. The van der Waals surface area contributed by atoms with Crippen LogP contribution in [0.15, 0.2) is 18.2 Å². The number of alkyl halides is 1. The standard InChI is InChI=1S/C10H12ClNO2/c11-10(12)7-2-3-8-9(6-7)14-5-1-4-13-8/h2-3,6,10H,1,4-5,12H2. The first-order valence-electron chi connectivity index (χ1n) is 4.56. The summed E-state index contributed by atoms with van der Waals surface area (Å²) in [6.45, 7) is 1.37. The average Bonchev–Trinajstić information content (AvgIpc) is 2.41. The Kier molecular flexibility index (Phi) is 2.79. The molecule has 1 heterocycles. The van der Waals surface area contributed by atoms with Crippen LogP contribution in [0.5, 0.6) is 11.5 Å². The Morgan fingerprint density at radius 2 is 1.93 bits per heavy atom. The third-order valence-electron chi connectivity index (χ3n) is 2.09. The van der Waals surface area contributed by atoms with Gasteiger partial charge in [-0.25, -0.2) is 0 Å². The number of benzene rings is 1. The largest absolute Gasteiger partial charge is 0.490 e. The van der Waals surface area contributed by atoms with Crippen LogP contribution in [0.2, 0.25) is 0 Å². The molecule has 0 saturated carbocycles. The average molecular weight is 214 g/mol. The van der Waals surface area contributed by atoms with Crippen LogP contribution in [0.4, 0.5) is 0 Å². The number of fused-ring (bicyclic) bond motifs is 1. The molecule has 1 unspecified atom stereocenters. The predicted molar refractivity (Wildman–Crippen MR) is 54.8 cm³/mol. The molecule has 3 nitrogen and oxygen atoms in total. The predicted octanol–water partition coefficient (Wildman–Crippen LogP) is 2.04. The van der Waals surface area contributed by atoms with Gasteiger partial charge < -0.3 is 15.2 Å². The van der Waals surface area contributed by atoms with E-state index in [1.54, 1.807) is 0 Å². The van der Waals surface area contributed by atoms with Gasteiger partial charge in [0, 0.05) is 6.42 Å². The molecule has 0 aromatic heterocycles. The summed E-state index contributed by atoms with van der Waals surface area (Å²) in [5.41, 5.74) is 5.91. The maximum absolute atomic E-state index is 5.77. The van der Waals surface area contributed by atoms with E-state index in [-0.39, 0.29) is 0 Å². The molecule has 1 aliphatic heterocycles. The highest BCUT2D eigenvalue weighted by Crippen LogP contribution is 2.32. The molecule has 14 heavy (non-hydrogen) atoms. The van der Waals surface area contributed by atoms with Gasteiger partial charge in [0.2, 0.25) is 0 Å². The van der Waals surface area contributed by atoms with Gasteiger partial charge in [-0.3, -0.25) is 0 Å². The molecule has 1 aromatic carbocycles. The van der Waals surface area contributed by atoms with Crippen molar-refractivity contribution in [2.75, 3.05) is 13.2 Å². The summed E-state index contributed by atoms with van der Waals surface area (Å²) in [4.78, 5) is 0. The summed E-state index contributed by atoms with van der Waals surface area (Å²) in [7, 11) is 0.